The van der Waals surface area contributed by atoms with Gasteiger partial charge in [0.15, 0.2) is 17.4 Å². The van der Waals surface area contributed by atoms with Gasteiger partial charge >= 0.3 is 37.7 Å². The Morgan fingerprint density at radius 3 is 1.25 bits per heavy atom. The standard InChI is InChI=1S/Al.B.Ca.Zn.5H/q;;+2;;;;;2*-1. The van der Waals surface area contributed by atoms with Crippen LogP contribution in [0.4, 0.5) is 0 Å². The summed E-state index contributed by atoms with van der Waals surface area (Å²) in [5.41, 5.74) is 0. The van der Waals surface area contributed by atoms with Crippen LogP contribution in [0.25, 0.3) is 0 Å². The minimum Gasteiger partial charge on any atom is -1.00 e. The van der Waals surface area contributed by atoms with Crippen molar-refractivity contribution in [3.05, 3.63) is 0 Å². The van der Waals surface area contributed by atoms with Crippen LogP contribution < -0.4 is 0 Å². The van der Waals surface area contributed by atoms with Gasteiger partial charge in [-0.05, 0) is 0 Å². The molecule has 0 aromatic rings. The Labute approximate surface area is 84.5 Å². The largest absolute Gasteiger partial charge is 2.00 e. The van der Waals surface area contributed by atoms with E-state index in [1.54, 1.807) is 0 Å². The van der Waals surface area contributed by atoms with Gasteiger partial charge < -0.3 is 2.85 Å². The van der Waals surface area contributed by atoms with Gasteiger partial charge in [0, 0.05) is 27.9 Å². The number of rotatable bonds is 0. The molecule has 0 aliphatic heterocycles. The molecule has 0 heterocycles. The molecule has 0 fully saturated rings. The topological polar surface area (TPSA) is 0 Å². The zero-order valence-corrected chi connectivity index (χ0v) is 7.17. The van der Waals surface area contributed by atoms with Crippen molar-refractivity contribution >= 4 is 63.5 Å². The fourth-order valence-corrected chi connectivity index (χ4v) is 0. The quantitative estimate of drug-likeness (QED) is 0.358. The Morgan fingerprint density at radius 1 is 1.25 bits per heavy atom. The van der Waals surface area contributed by atoms with Crippen molar-refractivity contribution in [2.75, 3.05) is 0 Å². The third-order valence-electron chi connectivity index (χ3n) is 0. The maximum atomic E-state index is 0. The second kappa shape index (κ2) is 17.9. The molecule has 4 heteroatoms. The molecule has 0 aliphatic rings. The van der Waals surface area contributed by atoms with E-state index >= 15 is 0 Å². The molecule has 15 valence electrons. The van der Waals surface area contributed by atoms with Crippen LogP contribution in [-0.2, 0) is 19.5 Å². The molecule has 0 aromatic heterocycles. The summed E-state index contributed by atoms with van der Waals surface area (Å²) < 4.78 is 0. The predicted molar refractivity (Wildman–Crippen MR) is 23.7 cm³/mol. The fourth-order valence-electron chi connectivity index (χ4n) is 0. The van der Waals surface area contributed by atoms with Gasteiger partial charge in [0.05, 0.1) is 0 Å². The Kier molecular flexibility index (Phi) is 141. The summed E-state index contributed by atoms with van der Waals surface area (Å²) in [5.74, 6) is 0. The van der Waals surface area contributed by atoms with E-state index in [2.05, 4.69) is 0 Å². The van der Waals surface area contributed by atoms with Gasteiger partial charge in [-0.25, -0.2) is 0 Å². The molecular weight excluding hydrogens is 143 g/mol. The van der Waals surface area contributed by atoms with Crippen molar-refractivity contribution in [2.45, 2.75) is 0 Å². The normalized spacial score (nSPS) is 0. The molecule has 0 unspecified atom stereocenters. The molecule has 3 radical (unpaired) electrons. The molecule has 4 heavy (non-hydrogen) atoms. The van der Waals surface area contributed by atoms with E-state index in [9.17, 15) is 0 Å². The molecule has 0 rings (SSSR count). The van der Waals surface area contributed by atoms with Gasteiger partial charge in [0.25, 0.3) is 0 Å². The van der Waals surface area contributed by atoms with Crippen molar-refractivity contribution in [3.63, 3.8) is 0 Å². The van der Waals surface area contributed by atoms with Crippen LogP contribution in [0.1, 0.15) is 2.85 Å². The van der Waals surface area contributed by atoms with E-state index in [0.717, 1.165) is 0 Å². The van der Waals surface area contributed by atoms with Crippen LogP contribution in [0.2, 0.25) is 0 Å². The monoisotopic (exact) mass is 147 g/mol. The van der Waals surface area contributed by atoms with Gasteiger partial charge in [-0.15, -0.1) is 0 Å². The van der Waals surface area contributed by atoms with Crippen LogP contribution in [0.15, 0.2) is 0 Å². The minimum atomic E-state index is 0. The maximum Gasteiger partial charge on any atom is 2.00 e. The summed E-state index contributed by atoms with van der Waals surface area (Å²) in [6.45, 7) is 0. The molecule has 0 atom stereocenters. The Balaban J connectivity index is 0. The van der Waals surface area contributed by atoms with E-state index in [1.807, 2.05) is 0 Å². The first kappa shape index (κ1) is 31.6. The van der Waals surface area contributed by atoms with Crippen molar-refractivity contribution in [3.8, 4) is 0 Å². The molecule has 0 saturated carbocycles. The zero-order valence-electron chi connectivity index (χ0n) is 3.99. The Bertz CT molecular complexity index is 13.5. The molecule has 0 bridgehead atoms. The van der Waals surface area contributed by atoms with E-state index < -0.39 is 0 Å². The van der Waals surface area contributed by atoms with Crippen LogP contribution in [0, 0.1) is 0 Å². The van der Waals surface area contributed by atoms with Gasteiger partial charge in [0.2, 0.25) is 0 Å². The minimum absolute atomic E-state index is 0. The summed E-state index contributed by atoms with van der Waals surface area (Å²) in [4.78, 5) is 0. The molecule has 0 spiro atoms. The van der Waals surface area contributed by atoms with Crippen LogP contribution >= 0.6 is 0 Å². The molecule has 0 amide bonds. The second-order valence-electron chi connectivity index (χ2n) is 0. The molecule has 0 aromatic carbocycles. The third-order valence-corrected chi connectivity index (χ3v) is 0. The summed E-state index contributed by atoms with van der Waals surface area (Å²) in [7, 11) is 0. The second-order valence-corrected chi connectivity index (χ2v) is 0. The van der Waals surface area contributed by atoms with Crippen LogP contribution in [0.5, 0.6) is 0 Å². The van der Waals surface area contributed by atoms with E-state index in [-0.39, 0.29) is 85.8 Å². The summed E-state index contributed by atoms with van der Waals surface area (Å²) in [5, 5.41) is 0. The van der Waals surface area contributed by atoms with Crippen molar-refractivity contribution in [1.82, 2.24) is 0 Å². The SMILES string of the molecule is [AlH3].[B].[Ca+2].[H-].[H-].[Zn]. The van der Waals surface area contributed by atoms with Crippen LogP contribution in [0.3, 0.4) is 0 Å². The number of hydrogen-bond acceptors (Lipinski definition) is 0. The number of hydrogen-bond donors (Lipinski definition) is 0. The Hall–Kier alpha value is 2.48. The van der Waals surface area contributed by atoms with Gasteiger partial charge in [-0.3, -0.25) is 0 Å². The summed E-state index contributed by atoms with van der Waals surface area (Å²) >= 11 is 0. The first-order valence-electron chi connectivity index (χ1n) is 0. The van der Waals surface area contributed by atoms with Gasteiger partial charge in [0.1, 0.15) is 0 Å². The first-order chi connectivity index (χ1) is 0. The maximum absolute atomic E-state index is 0. The van der Waals surface area contributed by atoms with Gasteiger partial charge in [-0.2, -0.15) is 0 Å². The molecule has 0 saturated heterocycles. The molecule has 0 nitrogen and oxygen atoms in total. The van der Waals surface area contributed by atoms with E-state index in [4.69, 9.17) is 0 Å². The van der Waals surface area contributed by atoms with Crippen molar-refractivity contribution in [1.29, 1.82) is 0 Å². The molecule has 0 aliphatic carbocycles. The fraction of sp³-hybridized carbons (Fsp3) is 0. The van der Waals surface area contributed by atoms with Crippen molar-refractivity contribution in [2.24, 2.45) is 0 Å². The third kappa shape index (κ3) is 8.82. The van der Waals surface area contributed by atoms with E-state index in [1.165, 1.54) is 0 Å². The van der Waals surface area contributed by atoms with Crippen LogP contribution in [-0.4, -0.2) is 63.5 Å². The van der Waals surface area contributed by atoms with Gasteiger partial charge in [-0.1, -0.05) is 0 Å². The van der Waals surface area contributed by atoms with Crippen molar-refractivity contribution < 1.29 is 22.3 Å². The molecular formula is H5AlBCaZn. The summed E-state index contributed by atoms with van der Waals surface area (Å²) in [6.07, 6.45) is 0. The predicted octanol–water partition coefficient (Wildman–Crippen LogP) is -1.72. The molecule has 0 N–H and O–H groups in total. The average Bonchev–Trinajstić information content (AvgIpc) is 0. The Morgan fingerprint density at radius 2 is 1.25 bits per heavy atom. The summed E-state index contributed by atoms with van der Waals surface area (Å²) in [6, 6.07) is 0. The van der Waals surface area contributed by atoms with E-state index in [0.29, 0.717) is 0 Å². The smallest absolute Gasteiger partial charge is 1.00 e. The zero-order chi connectivity index (χ0) is 0. The average molecular weight is 148 g/mol. The first-order valence-corrected chi connectivity index (χ1v) is 0.